The van der Waals surface area contributed by atoms with E-state index in [1.807, 2.05) is 35.1 Å². The number of ether oxygens (including phenoxy) is 1. The van der Waals surface area contributed by atoms with E-state index in [4.69, 9.17) is 16.5 Å². The van der Waals surface area contributed by atoms with Gasteiger partial charge in [0, 0.05) is 25.4 Å². The number of hydrogen-bond acceptors (Lipinski definition) is 4. The van der Waals surface area contributed by atoms with Gasteiger partial charge in [-0.2, -0.15) is 10.2 Å². The molecule has 0 radical (unpaired) electrons. The summed E-state index contributed by atoms with van der Waals surface area (Å²) in [4.78, 5) is 0. The third kappa shape index (κ3) is 4.88. The molecule has 0 aliphatic carbocycles. The van der Waals surface area contributed by atoms with Crippen molar-refractivity contribution in [2.24, 2.45) is 5.10 Å². The fraction of sp³-hybridized carbons (Fsp3) is 0.231. The molecule has 0 saturated heterocycles. The first-order valence-corrected chi connectivity index (χ1v) is 10.2. The van der Waals surface area contributed by atoms with E-state index in [0.29, 0.717) is 0 Å². The molecule has 1 unspecified atom stereocenters. The molecule has 0 saturated carbocycles. The first-order valence-electron chi connectivity index (χ1n) is 6.37. The molecule has 1 N–H and O–H groups in total. The van der Waals surface area contributed by atoms with Crippen molar-refractivity contribution in [2.45, 2.75) is 6.42 Å². The highest BCUT2D eigenvalue weighted by atomic mass is 32.9. The third-order valence-corrected chi connectivity index (χ3v) is 4.94. The van der Waals surface area contributed by atoms with E-state index < -0.39 is 6.05 Å². The van der Waals surface area contributed by atoms with Crippen molar-refractivity contribution >= 4 is 35.8 Å². The van der Waals surface area contributed by atoms with Crippen LogP contribution in [0.15, 0.2) is 47.8 Å². The summed E-state index contributed by atoms with van der Waals surface area (Å²) in [5, 5.41) is 10.7. The predicted octanol–water partition coefficient (Wildman–Crippen LogP) is 2.95. The van der Waals surface area contributed by atoms with Crippen molar-refractivity contribution in [1.82, 2.24) is 15.0 Å². The summed E-state index contributed by atoms with van der Waals surface area (Å²) in [5.74, 6) is 0.862. The maximum Gasteiger partial charge on any atom is 0.118 e. The molecular formula is C13H17N4OPS2. The van der Waals surface area contributed by atoms with Crippen molar-refractivity contribution in [3.05, 3.63) is 48.3 Å². The Hall–Kier alpha value is -1.30. The number of methoxy groups -OCH3 is 1. The topological polar surface area (TPSA) is 53.5 Å². The number of nitrogens with one attached hydrogen (secondary N) is 1. The van der Waals surface area contributed by atoms with Crippen LogP contribution in [0, 0.1) is 0 Å². The number of hydrogen-bond donors (Lipinski definition) is 2. The summed E-state index contributed by atoms with van der Waals surface area (Å²) in [6, 6.07) is 8.60. The second kappa shape index (κ2) is 8.22. The van der Waals surface area contributed by atoms with E-state index in [1.54, 1.807) is 19.5 Å². The number of rotatable bonds is 3. The van der Waals surface area contributed by atoms with E-state index in [-0.39, 0.29) is 0 Å². The molecule has 1 aromatic heterocycles. The molecule has 1 aliphatic heterocycles. The van der Waals surface area contributed by atoms with E-state index in [2.05, 4.69) is 27.5 Å². The molecule has 5 nitrogen and oxygen atoms in total. The first-order chi connectivity index (χ1) is 10.2. The number of hydrazone groups is 1. The van der Waals surface area contributed by atoms with Gasteiger partial charge in [0.15, 0.2) is 0 Å². The maximum absolute atomic E-state index is 5.15. The van der Waals surface area contributed by atoms with Gasteiger partial charge in [0.25, 0.3) is 0 Å². The summed E-state index contributed by atoms with van der Waals surface area (Å²) in [6.07, 6.45) is 4.40. The second-order valence-corrected chi connectivity index (χ2v) is 8.62. The molecule has 0 fully saturated rings. The van der Waals surface area contributed by atoms with Crippen LogP contribution in [0.4, 0.5) is 0 Å². The highest BCUT2D eigenvalue weighted by Crippen LogP contribution is 2.35. The molecule has 1 atom stereocenters. The quantitative estimate of drug-likeness (QED) is 0.666. The molecule has 112 valence electrons. The van der Waals surface area contributed by atoms with Gasteiger partial charge < -0.3 is 4.74 Å². The van der Waals surface area contributed by atoms with Crippen LogP contribution >= 0.6 is 18.3 Å². The van der Waals surface area contributed by atoms with Crippen LogP contribution in [0.1, 0.15) is 12.0 Å². The van der Waals surface area contributed by atoms with Gasteiger partial charge in [0.2, 0.25) is 0 Å². The molecule has 8 heteroatoms. The molecule has 2 aromatic rings. The fourth-order valence-corrected chi connectivity index (χ4v) is 3.14. The Labute approximate surface area is 135 Å². The maximum atomic E-state index is 5.15. The molecule has 2 heterocycles. The molecule has 1 aliphatic rings. The van der Waals surface area contributed by atoms with Gasteiger partial charge in [-0.1, -0.05) is 11.8 Å². The number of aromatic nitrogens is 2. The van der Waals surface area contributed by atoms with E-state index >= 15 is 0 Å². The molecular weight excluding hydrogens is 323 g/mol. The van der Waals surface area contributed by atoms with Gasteiger partial charge in [-0.05, 0) is 35.9 Å². The Morgan fingerprint density at radius 3 is 2.57 bits per heavy atom. The van der Waals surface area contributed by atoms with Crippen LogP contribution in [-0.4, -0.2) is 34.3 Å². The lowest BCUT2D eigenvalue weighted by Crippen LogP contribution is -1.99. The lowest BCUT2D eigenvalue weighted by Gasteiger charge is -2.09. The average Bonchev–Trinajstić information content (AvgIpc) is 3.21. The zero-order valence-electron chi connectivity index (χ0n) is 11.6. The van der Waals surface area contributed by atoms with Crippen LogP contribution in [0.25, 0.3) is 0 Å². The van der Waals surface area contributed by atoms with Gasteiger partial charge in [-0.25, -0.2) is 0 Å². The molecule has 0 spiro atoms. The van der Waals surface area contributed by atoms with Gasteiger partial charge >= 0.3 is 0 Å². The van der Waals surface area contributed by atoms with Crippen LogP contribution in [0.2, 0.25) is 0 Å². The third-order valence-electron chi connectivity index (χ3n) is 2.85. The van der Waals surface area contributed by atoms with Crippen molar-refractivity contribution < 1.29 is 4.74 Å². The summed E-state index contributed by atoms with van der Waals surface area (Å²) in [6.45, 7) is 0.892. The van der Waals surface area contributed by atoms with Crippen molar-refractivity contribution in [1.29, 1.82) is 0 Å². The first kappa shape index (κ1) is 16.1. The number of H-pyrrole nitrogens is 1. The monoisotopic (exact) mass is 340 g/mol. The second-order valence-electron chi connectivity index (χ2n) is 4.20. The molecule has 0 amide bonds. The van der Waals surface area contributed by atoms with Crippen molar-refractivity contribution in [3.63, 3.8) is 0 Å². The van der Waals surface area contributed by atoms with Gasteiger partial charge in [-0.15, -0.1) is 12.2 Å². The largest absolute Gasteiger partial charge is 0.497 e. The van der Waals surface area contributed by atoms with Gasteiger partial charge in [0.1, 0.15) is 5.75 Å². The molecule has 3 rings (SSSR count). The van der Waals surface area contributed by atoms with Crippen LogP contribution in [-0.2, 0) is 11.8 Å². The van der Waals surface area contributed by atoms with Crippen LogP contribution < -0.4 is 4.74 Å². The molecule has 21 heavy (non-hydrogen) atoms. The van der Waals surface area contributed by atoms with E-state index in [0.717, 1.165) is 30.0 Å². The standard InChI is InChI=1S/C10H13N2OPS2.C3H4N2/c1-13-9-4-2-8(3-5-9)10-6-7-12(11-10)14(15)16;1-2-4-5-3-1/h2-5,14H,6-7H2,1H3,(H,15,16);1-3H,(H,4,5). The average molecular weight is 340 g/mol. The Bertz CT molecular complexity index is 584. The number of nitrogens with zero attached hydrogens (tertiary/aromatic N) is 3. The van der Waals surface area contributed by atoms with Crippen molar-refractivity contribution in [3.8, 4) is 5.75 Å². The minimum atomic E-state index is -1.17. The number of benzene rings is 1. The minimum absolute atomic E-state index is 0.862. The molecule has 1 aromatic carbocycles. The fourth-order valence-electron chi connectivity index (χ4n) is 1.80. The smallest absolute Gasteiger partial charge is 0.118 e. The lowest BCUT2D eigenvalue weighted by molar-refractivity contribution is 0.415. The summed E-state index contributed by atoms with van der Waals surface area (Å²) in [7, 11) is 1.66. The van der Waals surface area contributed by atoms with Crippen LogP contribution in [0.5, 0.6) is 5.75 Å². The van der Waals surface area contributed by atoms with E-state index in [1.165, 1.54) is 0 Å². The van der Waals surface area contributed by atoms with Gasteiger partial charge in [0.05, 0.1) is 18.9 Å². The zero-order chi connectivity index (χ0) is 15.1. The minimum Gasteiger partial charge on any atom is -0.497 e. The Kier molecular flexibility index (Phi) is 6.29. The Morgan fingerprint density at radius 2 is 2.14 bits per heavy atom. The van der Waals surface area contributed by atoms with Crippen LogP contribution in [0.3, 0.4) is 0 Å². The summed E-state index contributed by atoms with van der Waals surface area (Å²) in [5.41, 5.74) is 2.22. The number of thiol groups is 1. The summed E-state index contributed by atoms with van der Waals surface area (Å²) >= 11 is 9.44. The molecule has 0 bridgehead atoms. The summed E-state index contributed by atoms with van der Waals surface area (Å²) < 4.78 is 7.04. The Morgan fingerprint density at radius 1 is 1.38 bits per heavy atom. The van der Waals surface area contributed by atoms with E-state index in [9.17, 15) is 0 Å². The highest BCUT2D eigenvalue weighted by molar-refractivity contribution is 8.55. The normalized spacial score (nSPS) is 15.0. The number of aromatic amines is 1. The van der Waals surface area contributed by atoms with Crippen molar-refractivity contribution in [2.75, 3.05) is 13.7 Å². The Balaban J connectivity index is 0.000000272. The lowest BCUT2D eigenvalue weighted by atomic mass is 10.1. The highest BCUT2D eigenvalue weighted by Gasteiger charge is 2.16. The predicted molar refractivity (Wildman–Crippen MR) is 94.1 cm³/mol. The zero-order valence-corrected chi connectivity index (χ0v) is 14.3. The SMILES string of the molecule is COc1ccc(C2=NN([PH](=S)S)CC2)cc1.c1cn[nH]c1. The van der Waals surface area contributed by atoms with Gasteiger partial charge in [-0.3, -0.25) is 9.88 Å².